The van der Waals surface area contributed by atoms with E-state index in [1.165, 1.54) is 0 Å². The highest BCUT2D eigenvalue weighted by Crippen LogP contribution is 2.05. The maximum atomic E-state index is 3.79. The Bertz CT molecular complexity index is 225. The van der Waals surface area contributed by atoms with Crippen LogP contribution in [0.5, 0.6) is 0 Å². The minimum absolute atomic E-state index is 0.957. The van der Waals surface area contributed by atoms with Gasteiger partial charge in [0.05, 0.1) is 0 Å². The molecule has 0 radical (unpaired) electrons. The molecule has 0 amide bonds. The molecule has 60 valence electrons. The molecule has 0 N–H and O–H groups in total. The van der Waals surface area contributed by atoms with E-state index in [9.17, 15) is 0 Å². The van der Waals surface area contributed by atoms with Crippen molar-refractivity contribution in [3.05, 3.63) is 12.4 Å². The van der Waals surface area contributed by atoms with Crippen molar-refractivity contribution in [1.82, 2.24) is 20.2 Å². The van der Waals surface area contributed by atoms with Gasteiger partial charge in [0.1, 0.15) is 6.33 Å². The highest BCUT2D eigenvalue weighted by Gasteiger charge is 1.96. The Labute approximate surface area is 65.9 Å². The molecular formula is C7H12N4. The van der Waals surface area contributed by atoms with Gasteiger partial charge in [-0.25, -0.2) is 4.68 Å². The zero-order valence-electron chi connectivity index (χ0n) is 6.86. The molecule has 4 heteroatoms. The van der Waals surface area contributed by atoms with E-state index in [2.05, 4.69) is 35.4 Å². The molecule has 0 atom stereocenters. The molecule has 0 aromatic carbocycles. The first-order valence-electron chi connectivity index (χ1n) is 3.80. The first-order chi connectivity index (χ1) is 5.38. The second kappa shape index (κ2) is 3.85. The van der Waals surface area contributed by atoms with Crippen LogP contribution in [0.15, 0.2) is 12.4 Å². The molecule has 0 aliphatic carbocycles. The van der Waals surface area contributed by atoms with Crippen LogP contribution < -0.4 is 0 Å². The van der Waals surface area contributed by atoms with Crippen LogP contribution >= 0.6 is 0 Å². The quantitative estimate of drug-likeness (QED) is 0.656. The number of rotatable bonds is 3. The van der Waals surface area contributed by atoms with Crippen molar-refractivity contribution in [2.45, 2.75) is 26.7 Å². The van der Waals surface area contributed by atoms with Crippen LogP contribution in [0.25, 0.3) is 5.70 Å². The number of hydrogen-bond donors (Lipinski definition) is 0. The number of allylic oxidation sites excluding steroid dienone is 2. The van der Waals surface area contributed by atoms with Gasteiger partial charge in [-0.3, -0.25) is 0 Å². The van der Waals surface area contributed by atoms with Crippen molar-refractivity contribution >= 4 is 5.70 Å². The van der Waals surface area contributed by atoms with Gasteiger partial charge < -0.3 is 0 Å². The lowest BCUT2D eigenvalue weighted by atomic mass is 10.3. The van der Waals surface area contributed by atoms with Gasteiger partial charge in [0.25, 0.3) is 0 Å². The van der Waals surface area contributed by atoms with E-state index < -0.39 is 0 Å². The average molecular weight is 152 g/mol. The number of nitrogens with zero attached hydrogens (tertiary/aromatic N) is 4. The fourth-order valence-electron chi connectivity index (χ4n) is 0.928. The van der Waals surface area contributed by atoms with Crippen molar-refractivity contribution in [2.75, 3.05) is 0 Å². The molecule has 11 heavy (non-hydrogen) atoms. The molecule has 1 aromatic heterocycles. The van der Waals surface area contributed by atoms with E-state index in [-0.39, 0.29) is 0 Å². The van der Waals surface area contributed by atoms with E-state index in [1.54, 1.807) is 11.0 Å². The Morgan fingerprint density at radius 3 is 2.82 bits per heavy atom. The zero-order valence-corrected chi connectivity index (χ0v) is 6.86. The van der Waals surface area contributed by atoms with Gasteiger partial charge in [-0.05, 0) is 23.3 Å². The topological polar surface area (TPSA) is 43.6 Å². The summed E-state index contributed by atoms with van der Waals surface area (Å²) in [6.07, 6.45) is 5.71. The normalized spacial score (nSPS) is 12.0. The third-order valence-corrected chi connectivity index (χ3v) is 1.45. The summed E-state index contributed by atoms with van der Waals surface area (Å²) in [5.74, 6) is 0. The second-order valence-electron chi connectivity index (χ2n) is 2.21. The van der Waals surface area contributed by atoms with Crippen LogP contribution in [0.4, 0.5) is 0 Å². The van der Waals surface area contributed by atoms with Crippen LogP contribution in [-0.4, -0.2) is 20.2 Å². The lowest BCUT2D eigenvalue weighted by molar-refractivity contribution is 0.781. The Balaban J connectivity index is 2.79. The zero-order chi connectivity index (χ0) is 8.10. The lowest BCUT2D eigenvalue weighted by Crippen LogP contribution is -1.96. The lowest BCUT2D eigenvalue weighted by Gasteiger charge is -1.99. The van der Waals surface area contributed by atoms with Gasteiger partial charge in [-0.2, -0.15) is 0 Å². The van der Waals surface area contributed by atoms with Gasteiger partial charge in [0.2, 0.25) is 0 Å². The van der Waals surface area contributed by atoms with Crippen LogP contribution in [-0.2, 0) is 0 Å². The van der Waals surface area contributed by atoms with E-state index in [0.717, 1.165) is 18.5 Å². The molecule has 0 saturated heterocycles. The fourth-order valence-corrected chi connectivity index (χ4v) is 0.928. The third-order valence-electron chi connectivity index (χ3n) is 1.45. The Hall–Kier alpha value is -1.19. The monoisotopic (exact) mass is 152 g/mol. The van der Waals surface area contributed by atoms with Gasteiger partial charge in [0, 0.05) is 5.70 Å². The maximum absolute atomic E-state index is 3.79. The van der Waals surface area contributed by atoms with E-state index in [0.29, 0.717) is 0 Å². The molecule has 0 aliphatic rings. The Kier molecular flexibility index (Phi) is 2.77. The van der Waals surface area contributed by atoms with Gasteiger partial charge >= 0.3 is 0 Å². The molecule has 0 saturated carbocycles. The third kappa shape index (κ3) is 1.86. The summed E-state index contributed by atoms with van der Waals surface area (Å²) in [4.78, 5) is 0. The van der Waals surface area contributed by atoms with E-state index in [4.69, 9.17) is 0 Å². The van der Waals surface area contributed by atoms with Crippen LogP contribution in [0, 0.1) is 0 Å². The predicted octanol–water partition coefficient (Wildman–Crippen LogP) is 1.33. The largest absolute Gasteiger partial charge is 0.205 e. The van der Waals surface area contributed by atoms with Crippen molar-refractivity contribution in [2.24, 2.45) is 0 Å². The summed E-state index contributed by atoms with van der Waals surface area (Å²) in [5, 5.41) is 10.9. The van der Waals surface area contributed by atoms with Crippen molar-refractivity contribution in [1.29, 1.82) is 0 Å². The Morgan fingerprint density at radius 2 is 2.36 bits per heavy atom. The summed E-state index contributed by atoms with van der Waals surface area (Å²) in [7, 11) is 0. The summed E-state index contributed by atoms with van der Waals surface area (Å²) in [5.41, 5.74) is 1.15. The van der Waals surface area contributed by atoms with Crippen molar-refractivity contribution in [3.63, 3.8) is 0 Å². The first-order valence-corrected chi connectivity index (χ1v) is 3.80. The molecule has 1 rings (SSSR count). The summed E-state index contributed by atoms with van der Waals surface area (Å²) < 4.78 is 1.70. The molecule has 1 heterocycles. The first kappa shape index (κ1) is 7.91. The standard InChI is InChI=1S/C7H12N4/c1-3-5-7(4-2)11-6-8-9-10-11/h5-6H,3-4H2,1-2H3/b7-5+. The highest BCUT2D eigenvalue weighted by molar-refractivity contribution is 5.41. The highest BCUT2D eigenvalue weighted by atomic mass is 15.5. The van der Waals surface area contributed by atoms with Gasteiger partial charge in [-0.1, -0.05) is 19.9 Å². The number of hydrogen-bond acceptors (Lipinski definition) is 3. The molecule has 0 spiro atoms. The molecule has 0 unspecified atom stereocenters. The average Bonchev–Trinajstić information content (AvgIpc) is 2.52. The smallest absolute Gasteiger partial charge is 0.143 e. The molecule has 4 nitrogen and oxygen atoms in total. The van der Waals surface area contributed by atoms with Gasteiger partial charge in [0.15, 0.2) is 0 Å². The number of aromatic nitrogens is 4. The molecule has 0 aliphatic heterocycles. The maximum Gasteiger partial charge on any atom is 0.143 e. The van der Waals surface area contributed by atoms with Gasteiger partial charge in [-0.15, -0.1) is 5.10 Å². The second-order valence-corrected chi connectivity index (χ2v) is 2.21. The summed E-state index contributed by atoms with van der Waals surface area (Å²) >= 11 is 0. The molecule has 1 aromatic rings. The molecule has 0 fully saturated rings. The van der Waals surface area contributed by atoms with Crippen LogP contribution in [0.2, 0.25) is 0 Å². The minimum atomic E-state index is 0.957. The minimum Gasteiger partial charge on any atom is -0.205 e. The number of tetrazole rings is 1. The van der Waals surface area contributed by atoms with Crippen LogP contribution in [0.1, 0.15) is 26.7 Å². The summed E-state index contributed by atoms with van der Waals surface area (Å²) in [6.45, 7) is 4.18. The van der Waals surface area contributed by atoms with Crippen molar-refractivity contribution in [3.8, 4) is 0 Å². The summed E-state index contributed by atoms with van der Waals surface area (Å²) in [6, 6.07) is 0. The fraction of sp³-hybridized carbons (Fsp3) is 0.571. The SMILES string of the molecule is CC/C=C(\CC)n1cnnn1. The molecule has 0 bridgehead atoms. The predicted molar refractivity (Wildman–Crippen MR) is 42.7 cm³/mol. The Morgan fingerprint density at radius 1 is 1.55 bits per heavy atom. The van der Waals surface area contributed by atoms with E-state index in [1.807, 2.05) is 0 Å². The van der Waals surface area contributed by atoms with Crippen LogP contribution in [0.3, 0.4) is 0 Å². The van der Waals surface area contributed by atoms with Crippen molar-refractivity contribution < 1.29 is 0 Å². The molecular weight excluding hydrogens is 140 g/mol. The van der Waals surface area contributed by atoms with E-state index >= 15 is 0 Å².